The number of rotatable bonds is 3. The molecule has 0 radical (unpaired) electrons. The van der Waals surface area contributed by atoms with Crippen LogP contribution in [0.2, 0.25) is 0 Å². The Kier molecular flexibility index (Phi) is 3.68. The van der Waals surface area contributed by atoms with Crippen molar-refractivity contribution in [1.29, 1.82) is 0 Å². The first-order valence-electron chi connectivity index (χ1n) is 6.05. The van der Waals surface area contributed by atoms with Crippen molar-refractivity contribution in [2.45, 2.75) is 27.4 Å². The molecule has 0 spiro atoms. The monoisotopic (exact) mass is 242 g/mol. The molecular weight excluding hydrogens is 224 g/mol. The van der Waals surface area contributed by atoms with Gasteiger partial charge in [0.05, 0.1) is 6.61 Å². The van der Waals surface area contributed by atoms with Gasteiger partial charge in [-0.1, -0.05) is 18.2 Å². The molecule has 94 valence electrons. The highest BCUT2D eigenvalue weighted by Gasteiger charge is 2.05. The van der Waals surface area contributed by atoms with Crippen LogP contribution < -0.4 is 4.74 Å². The lowest BCUT2D eigenvalue weighted by Gasteiger charge is -2.12. The van der Waals surface area contributed by atoms with Gasteiger partial charge in [0.2, 0.25) is 0 Å². The quantitative estimate of drug-likeness (QED) is 0.884. The number of benzene rings is 2. The summed E-state index contributed by atoms with van der Waals surface area (Å²) in [4.78, 5) is 0. The predicted octanol–water partition coefficient (Wildman–Crippen LogP) is 3.90. The van der Waals surface area contributed by atoms with Crippen molar-refractivity contribution in [3.05, 3.63) is 58.7 Å². The van der Waals surface area contributed by atoms with Crippen molar-refractivity contribution < 1.29 is 9.84 Å². The van der Waals surface area contributed by atoms with Gasteiger partial charge in [-0.2, -0.15) is 0 Å². The number of ether oxygens (including phenoxy) is 1. The predicted molar refractivity (Wildman–Crippen MR) is 73.1 cm³/mol. The molecule has 0 atom stereocenters. The van der Waals surface area contributed by atoms with E-state index in [9.17, 15) is 0 Å². The van der Waals surface area contributed by atoms with Gasteiger partial charge in [-0.25, -0.2) is 0 Å². The first-order valence-corrected chi connectivity index (χ1v) is 6.05. The Morgan fingerprint density at radius 2 is 1.67 bits per heavy atom. The Bertz CT molecular complexity index is 542. The second kappa shape index (κ2) is 5.23. The lowest BCUT2D eigenvalue weighted by molar-refractivity contribution is 0.281. The van der Waals surface area contributed by atoms with E-state index in [4.69, 9.17) is 9.84 Å². The molecule has 0 saturated carbocycles. The average molecular weight is 242 g/mol. The minimum atomic E-state index is 0.0584. The molecule has 0 aromatic heterocycles. The third kappa shape index (κ3) is 2.71. The molecule has 0 heterocycles. The van der Waals surface area contributed by atoms with Crippen molar-refractivity contribution in [2.75, 3.05) is 0 Å². The maximum absolute atomic E-state index is 8.99. The Balaban J connectivity index is 2.27. The van der Waals surface area contributed by atoms with Crippen LogP contribution in [0.25, 0.3) is 0 Å². The number of aryl methyl sites for hydroxylation is 2. The zero-order valence-corrected chi connectivity index (χ0v) is 11.0. The van der Waals surface area contributed by atoms with Gasteiger partial charge in [-0.05, 0) is 61.2 Å². The molecule has 2 nitrogen and oxygen atoms in total. The molecule has 0 aliphatic heterocycles. The van der Waals surface area contributed by atoms with E-state index in [0.29, 0.717) is 0 Å². The molecule has 2 aromatic rings. The highest BCUT2D eigenvalue weighted by molar-refractivity contribution is 5.44. The summed E-state index contributed by atoms with van der Waals surface area (Å²) in [5.41, 5.74) is 4.48. The first-order chi connectivity index (χ1) is 8.60. The van der Waals surface area contributed by atoms with Crippen molar-refractivity contribution >= 4 is 0 Å². The maximum Gasteiger partial charge on any atom is 0.130 e. The van der Waals surface area contributed by atoms with Crippen molar-refractivity contribution in [3.8, 4) is 11.5 Å². The maximum atomic E-state index is 8.99. The molecule has 0 amide bonds. The van der Waals surface area contributed by atoms with Gasteiger partial charge < -0.3 is 9.84 Å². The van der Waals surface area contributed by atoms with Gasteiger partial charge in [-0.3, -0.25) is 0 Å². The Morgan fingerprint density at radius 1 is 1.00 bits per heavy atom. The molecule has 2 rings (SSSR count). The Hall–Kier alpha value is -1.80. The van der Waals surface area contributed by atoms with E-state index in [-0.39, 0.29) is 6.61 Å². The van der Waals surface area contributed by atoms with Gasteiger partial charge in [0.1, 0.15) is 11.5 Å². The van der Waals surface area contributed by atoms with E-state index in [1.165, 1.54) is 11.1 Å². The summed E-state index contributed by atoms with van der Waals surface area (Å²) in [7, 11) is 0. The summed E-state index contributed by atoms with van der Waals surface area (Å²) in [6, 6.07) is 11.7. The minimum absolute atomic E-state index is 0.0584. The average Bonchev–Trinajstić information content (AvgIpc) is 2.36. The molecular formula is C16H18O2. The van der Waals surface area contributed by atoms with Crippen LogP contribution >= 0.6 is 0 Å². The summed E-state index contributed by atoms with van der Waals surface area (Å²) in [6.07, 6.45) is 0. The summed E-state index contributed by atoms with van der Waals surface area (Å²) in [6.45, 7) is 6.27. The van der Waals surface area contributed by atoms with Crippen molar-refractivity contribution in [2.24, 2.45) is 0 Å². The van der Waals surface area contributed by atoms with Crippen molar-refractivity contribution in [1.82, 2.24) is 0 Å². The topological polar surface area (TPSA) is 29.5 Å². The largest absolute Gasteiger partial charge is 0.457 e. The van der Waals surface area contributed by atoms with Crippen LogP contribution in [-0.2, 0) is 6.61 Å². The molecule has 0 fully saturated rings. The summed E-state index contributed by atoms with van der Waals surface area (Å²) in [5.74, 6) is 1.68. The first kappa shape index (κ1) is 12.7. The Morgan fingerprint density at radius 3 is 2.28 bits per heavy atom. The van der Waals surface area contributed by atoms with Crippen molar-refractivity contribution in [3.63, 3.8) is 0 Å². The molecule has 0 unspecified atom stereocenters. The molecule has 2 aromatic carbocycles. The highest BCUT2D eigenvalue weighted by atomic mass is 16.5. The summed E-state index contributed by atoms with van der Waals surface area (Å²) >= 11 is 0. The number of aliphatic hydroxyl groups excluding tert-OH is 1. The van der Waals surface area contributed by atoms with Crippen LogP contribution in [0, 0.1) is 20.8 Å². The van der Waals surface area contributed by atoms with Crippen LogP contribution in [0.15, 0.2) is 36.4 Å². The zero-order chi connectivity index (χ0) is 13.1. The fourth-order valence-electron chi connectivity index (χ4n) is 1.90. The SMILES string of the molecule is Cc1cc(C)c(C)c(Oc2ccc(CO)cc2)c1. The van der Waals surface area contributed by atoms with Crippen LogP contribution in [-0.4, -0.2) is 5.11 Å². The zero-order valence-electron chi connectivity index (χ0n) is 11.0. The molecule has 0 aliphatic rings. The van der Waals surface area contributed by atoms with Gasteiger partial charge in [0, 0.05) is 0 Å². The van der Waals surface area contributed by atoms with Gasteiger partial charge >= 0.3 is 0 Å². The van der Waals surface area contributed by atoms with E-state index in [2.05, 4.69) is 26.8 Å². The molecule has 2 heteroatoms. The number of hydrogen-bond acceptors (Lipinski definition) is 2. The van der Waals surface area contributed by atoms with E-state index >= 15 is 0 Å². The molecule has 0 bridgehead atoms. The van der Waals surface area contributed by atoms with Gasteiger partial charge in [-0.15, -0.1) is 0 Å². The smallest absolute Gasteiger partial charge is 0.130 e. The van der Waals surface area contributed by atoms with Crippen LogP contribution in [0.4, 0.5) is 0 Å². The van der Waals surface area contributed by atoms with Crippen LogP contribution in [0.3, 0.4) is 0 Å². The second-order valence-electron chi connectivity index (χ2n) is 4.61. The molecule has 18 heavy (non-hydrogen) atoms. The van der Waals surface area contributed by atoms with E-state index < -0.39 is 0 Å². The lowest BCUT2D eigenvalue weighted by Crippen LogP contribution is -1.92. The van der Waals surface area contributed by atoms with E-state index in [1.807, 2.05) is 30.3 Å². The van der Waals surface area contributed by atoms with E-state index in [0.717, 1.165) is 22.6 Å². The third-order valence-electron chi connectivity index (χ3n) is 3.10. The highest BCUT2D eigenvalue weighted by Crippen LogP contribution is 2.28. The fourth-order valence-corrected chi connectivity index (χ4v) is 1.90. The molecule has 0 aliphatic carbocycles. The van der Waals surface area contributed by atoms with Gasteiger partial charge in [0.15, 0.2) is 0 Å². The summed E-state index contributed by atoms with van der Waals surface area (Å²) in [5, 5.41) is 8.99. The van der Waals surface area contributed by atoms with Crippen LogP contribution in [0.1, 0.15) is 22.3 Å². The van der Waals surface area contributed by atoms with Crippen LogP contribution in [0.5, 0.6) is 11.5 Å². The Labute approximate surface area is 108 Å². The summed E-state index contributed by atoms with van der Waals surface area (Å²) < 4.78 is 5.89. The van der Waals surface area contributed by atoms with E-state index in [1.54, 1.807) is 0 Å². The third-order valence-corrected chi connectivity index (χ3v) is 3.10. The normalized spacial score (nSPS) is 10.4. The number of aliphatic hydroxyl groups is 1. The standard InChI is InChI=1S/C16H18O2/c1-11-8-12(2)13(3)16(9-11)18-15-6-4-14(10-17)5-7-15/h4-9,17H,10H2,1-3H3. The second-order valence-corrected chi connectivity index (χ2v) is 4.61. The molecule has 1 N–H and O–H groups in total. The fraction of sp³-hybridized carbons (Fsp3) is 0.250. The molecule has 0 saturated heterocycles. The lowest BCUT2D eigenvalue weighted by atomic mass is 10.1. The number of hydrogen-bond donors (Lipinski definition) is 1. The van der Waals surface area contributed by atoms with Gasteiger partial charge in [0.25, 0.3) is 0 Å². The minimum Gasteiger partial charge on any atom is -0.457 e.